The molecule has 0 N–H and O–H groups in total. The summed E-state index contributed by atoms with van der Waals surface area (Å²) in [5.74, 6) is 2.82. The third kappa shape index (κ3) is 3.53. The number of hydrogen-bond donors (Lipinski definition) is 0. The summed E-state index contributed by atoms with van der Waals surface area (Å²) in [5.41, 5.74) is 0.953. The highest BCUT2D eigenvalue weighted by atomic mass is 32.1. The molecule has 4 aromatic rings. The molecule has 0 radical (unpaired) electrons. The number of rotatable bonds is 4. The quantitative estimate of drug-likeness (QED) is 0.514. The van der Waals surface area contributed by atoms with E-state index in [-0.39, 0.29) is 0 Å². The Balaban J connectivity index is 1.49. The number of aryl methyl sites for hydroxylation is 1. The lowest BCUT2D eigenvalue weighted by molar-refractivity contribution is 0.643. The van der Waals surface area contributed by atoms with E-state index in [2.05, 4.69) is 38.8 Å². The second-order valence-corrected chi connectivity index (χ2v) is 8.17. The van der Waals surface area contributed by atoms with Crippen LogP contribution in [0, 0.1) is 0 Å². The number of piperazine rings is 1. The smallest absolute Gasteiger partial charge is 0.164 e. The number of hydrogen-bond acceptors (Lipinski definition) is 7. The van der Waals surface area contributed by atoms with Gasteiger partial charge in [-0.3, -0.25) is 4.98 Å². The molecule has 0 atom stereocenters. The first-order chi connectivity index (χ1) is 14.3. The maximum atomic E-state index is 4.99. The molecule has 1 aliphatic heterocycles. The predicted octanol–water partition coefficient (Wildman–Crippen LogP) is 4.04. The van der Waals surface area contributed by atoms with Gasteiger partial charge in [0.1, 0.15) is 16.5 Å². The van der Waals surface area contributed by atoms with Crippen molar-refractivity contribution in [3.63, 3.8) is 0 Å². The van der Waals surface area contributed by atoms with Gasteiger partial charge < -0.3 is 9.80 Å². The molecule has 0 aliphatic carbocycles. The molecule has 5 heterocycles. The highest BCUT2D eigenvalue weighted by Crippen LogP contribution is 2.34. The Labute approximate surface area is 173 Å². The lowest BCUT2D eigenvalue weighted by Crippen LogP contribution is -2.47. The molecule has 0 aromatic carbocycles. The Morgan fingerprint density at radius 3 is 2.55 bits per heavy atom. The van der Waals surface area contributed by atoms with Crippen LogP contribution in [-0.2, 0) is 6.42 Å². The van der Waals surface area contributed by atoms with Crippen molar-refractivity contribution in [2.45, 2.75) is 13.3 Å². The van der Waals surface area contributed by atoms with Crippen molar-refractivity contribution in [3.05, 3.63) is 59.9 Å². The van der Waals surface area contributed by atoms with Crippen molar-refractivity contribution in [2.75, 3.05) is 36.0 Å². The molecular formula is C22H22N6S. The van der Waals surface area contributed by atoms with Gasteiger partial charge in [0.2, 0.25) is 0 Å². The molecule has 0 saturated carbocycles. The average molecular weight is 403 g/mol. The molecule has 29 heavy (non-hydrogen) atoms. The monoisotopic (exact) mass is 402 g/mol. The van der Waals surface area contributed by atoms with Crippen LogP contribution in [0.3, 0.4) is 0 Å². The molecule has 6 nitrogen and oxygen atoms in total. The van der Waals surface area contributed by atoms with Crippen LogP contribution < -0.4 is 9.80 Å². The van der Waals surface area contributed by atoms with Crippen LogP contribution in [0.25, 0.3) is 21.6 Å². The SMILES string of the molecule is CCc1cc2c(N3CCN(c4ccccn4)CC3)nc(-c3cccnc3)nc2s1. The number of nitrogens with zero attached hydrogens (tertiary/aromatic N) is 6. The summed E-state index contributed by atoms with van der Waals surface area (Å²) in [6, 6.07) is 12.3. The average Bonchev–Trinajstić information content (AvgIpc) is 3.23. The van der Waals surface area contributed by atoms with E-state index in [4.69, 9.17) is 9.97 Å². The highest BCUT2D eigenvalue weighted by molar-refractivity contribution is 7.18. The zero-order valence-electron chi connectivity index (χ0n) is 16.3. The lowest BCUT2D eigenvalue weighted by atomic mass is 10.2. The Bertz CT molecular complexity index is 1100. The molecule has 0 unspecified atom stereocenters. The van der Waals surface area contributed by atoms with Crippen LogP contribution in [0.1, 0.15) is 11.8 Å². The molecule has 1 aliphatic rings. The van der Waals surface area contributed by atoms with Crippen molar-refractivity contribution in [1.82, 2.24) is 19.9 Å². The van der Waals surface area contributed by atoms with Gasteiger partial charge >= 0.3 is 0 Å². The first-order valence-corrected chi connectivity index (χ1v) is 10.8. The second kappa shape index (κ2) is 7.75. The summed E-state index contributed by atoms with van der Waals surface area (Å²) < 4.78 is 0. The van der Waals surface area contributed by atoms with Gasteiger partial charge in [-0.05, 0) is 36.8 Å². The molecule has 0 amide bonds. The van der Waals surface area contributed by atoms with Gasteiger partial charge in [0.15, 0.2) is 5.82 Å². The minimum atomic E-state index is 0.747. The number of fused-ring (bicyclic) bond motifs is 1. The number of thiophene rings is 1. The summed E-state index contributed by atoms with van der Waals surface area (Å²) >= 11 is 1.76. The molecule has 1 saturated heterocycles. The van der Waals surface area contributed by atoms with Crippen molar-refractivity contribution >= 4 is 33.2 Å². The van der Waals surface area contributed by atoms with Crippen LogP contribution in [0.2, 0.25) is 0 Å². The molecule has 146 valence electrons. The Hall–Kier alpha value is -3.06. The normalized spacial score (nSPS) is 14.5. The van der Waals surface area contributed by atoms with Crippen molar-refractivity contribution in [3.8, 4) is 11.4 Å². The first-order valence-electron chi connectivity index (χ1n) is 9.93. The number of pyridine rings is 2. The minimum absolute atomic E-state index is 0.747. The standard InChI is InChI=1S/C22H22N6S/c1-2-17-14-18-21(25-20(26-22(18)29-17)16-6-5-8-23-15-16)28-12-10-27(11-13-28)19-7-3-4-9-24-19/h3-9,14-15H,2,10-13H2,1H3. The zero-order valence-corrected chi connectivity index (χ0v) is 17.1. The van der Waals surface area contributed by atoms with Crippen molar-refractivity contribution in [2.24, 2.45) is 0 Å². The van der Waals surface area contributed by atoms with Crippen LogP contribution in [0.15, 0.2) is 55.0 Å². The van der Waals surface area contributed by atoms with Gasteiger partial charge in [0, 0.05) is 55.2 Å². The number of anilines is 2. The predicted molar refractivity (Wildman–Crippen MR) is 119 cm³/mol. The summed E-state index contributed by atoms with van der Waals surface area (Å²) in [6.07, 6.45) is 6.47. The van der Waals surface area contributed by atoms with Gasteiger partial charge in [0.05, 0.1) is 5.39 Å². The Morgan fingerprint density at radius 2 is 1.83 bits per heavy atom. The topological polar surface area (TPSA) is 58.0 Å². The summed E-state index contributed by atoms with van der Waals surface area (Å²) in [7, 11) is 0. The van der Waals surface area contributed by atoms with Gasteiger partial charge in [-0.1, -0.05) is 13.0 Å². The van der Waals surface area contributed by atoms with Crippen LogP contribution in [-0.4, -0.2) is 46.1 Å². The van der Waals surface area contributed by atoms with Crippen LogP contribution in [0.5, 0.6) is 0 Å². The molecule has 7 heteroatoms. The maximum Gasteiger partial charge on any atom is 0.164 e. The van der Waals surface area contributed by atoms with E-state index in [9.17, 15) is 0 Å². The summed E-state index contributed by atoms with van der Waals surface area (Å²) in [4.78, 5) is 25.7. The zero-order chi connectivity index (χ0) is 19.6. The van der Waals surface area contributed by atoms with Crippen LogP contribution >= 0.6 is 11.3 Å². The van der Waals surface area contributed by atoms with Crippen LogP contribution in [0.4, 0.5) is 11.6 Å². The van der Waals surface area contributed by atoms with E-state index in [1.807, 2.05) is 36.7 Å². The molecule has 0 bridgehead atoms. The second-order valence-electron chi connectivity index (χ2n) is 7.06. The number of aromatic nitrogens is 4. The first kappa shape index (κ1) is 18.0. The van der Waals surface area contributed by atoms with E-state index in [1.165, 1.54) is 4.88 Å². The van der Waals surface area contributed by atoms with Gasteiger partial charge in [-0.15, -0.1) is 11.3 Å². The third-order valence-electron chi connectivity index (χ3n) is 5.24. The van der Waals surface area contributed by atoms with Gasteiger partial charge in [-0.2, -0.15) is 0 Å². The maximum absolute atomic E-state index is 4.99. The highest BCUT2D eigenvalue weighted by Gasteiger charge is 2.23. The fourth-order valence-corrected chi connectivity index (χ4v) is 4.65. The van der Waals surface area contributed by atoms with E-state index in [0.717, 1.165) is 65.8 Å². The molecule has 1 fully saturated rings. The summed E-state index contributed by atoms with van der Waals surface area (Å²) in [6.45, 7) is 5.86. The van der Waals surface area contributed by atoms with E-state index in [1.54, 1.807) is 17.5 Å². The molecule has 4 aromatic heterocycles. The van der Waals surface area contributed by atoms with Crippen molar-refractivity contribution in [1.29, 1.82) is 0 Å². The molecular weight excluding hydrogens is 380 g/mol. The largest absolute Gasteiger partial charge is 0.353 e. The van der Waals surface area contributed by atoms with E-state index < -0.39 is 0 Å². The fraction of sp³-hybridized carbons (Fsp3) is 0.273. The third-order valence-corrected chi connectivity index (χ3v) is 6.42. The molecule has 0 spiro atoms. The molecule has 5 rings (SSSR count). The Kier molecular flexibility index (Phi) is 4.81. The lowest BCUT2D eigenvalue weighted by Gasteiger charge is -2.36. The summed E-state index contributed by atoms with van der Waals surface area (Å²) in [5, 5.41) is 1.16. The minimum Gasteiger partial charge on any atom is -0.353 e. The van der Waals surface area contributed by atoms with Gasteiger partial charge in [-0.25, -0.2) is 15.0 Å². The Morgan fingerprint density at radius 1 is 0.966 bits per heavy atom. The van der Waals surface area contributed by atoms with E-state index >= 15 is 0 Å². The van der Waals surface area contributed by atoms with E-state index in [0.29, 0.717) is 0 Å². The van der Waals surface area contributed by atoms with Gasteiger partial charge in [0.25, 0.3) is 0 Å². The fourth-order valence-electron chi connectivity index (χ4n) is 3.68. The van der Waals surface area contributed by atoms with Crippen molar-refractivity contribution < 1.29 is 0 Å².